The molecule has 2 rings (SSSR count). The minimum Gasteiger partial charge on any atom is -0.362 e. The monoisotopic (exact) mass is 322 g/mol. The Morgan fingerprint density at radius 3 is 2.86 bits per heavy atom. The number of anilines is 1. The predicted octanol–water partition coefficient (Wildman–Crippen LogP) is 4.34. The largest absolute Gasteiger partial charge is 0.362 e. The Hall–Kier alpha value is -1.27. The smallest absolute Gasteiger partial charge is 0.170 e. The van der Waals surface area contributed by atoms with E-state index in [1.165, 1.54) is 50.1 Å². The van der Waals surface area contributed by atoms with Gasteiger partial charge in [0.2, 0.25) is 0 Å². The van der Waals surface area contributed by atoms with Crippen molar-refractivity contribution in [1.29, 1.82) is 0 Å². The Bertz CT molecular complexity index is 568. The predicted molar refractivity (Wildman–Crippen MR) is 95.0 cm³/mol. The van der Waals surface area contributed by atoms with Gasteiger partial charge in [0.1, 0.15) is 5.52 Å². The third kappa shape index (κ3) is 5.55. The molecule has 114 valence electrons. The molecule has 0 saturated carbocycles. The fourth-order valence-electron chi connectivity index (χ4n) is 2.14. The lowest BCUT2D eigenvalue weighted by Gasteiger charge is -2.10. The Balaban J connectivity index is 1.65. The van der Waals surface area contributed by atoms with Gasteiger partial charge in [0, 0.05) is 12.2 Å². The van der Waals surface area contributed by atoms with Crippen molar-refractivity contribution in [2.45, 2.75) is 45.4 Å². The molecule has 0 aliphatic heterocycles. The topological polar surface area (TPSA) is 49.8 Å². The zero-order valence-electron chi connectivity index (χ0n) is 12.4. The SMILES string of the molecule is CCCCCCCCNC(=S)Nc1ccc2snnc2c1. The van der Waals surface area contributed by atoms with Gasteiger partial charge in [-0.3, -0.25) is 0 Å². The molecule has 0 amide bonds. The Morgan fingerprint density at radius 2 is 2.00 bits per heavy atom. The van der Waals surface area contributed by atoms with Gasteiger partial charge in [0.15, 0.2) is 5.11 Å². The molecule has 0 atom stereocenters. The zero-order chi connectivity index (χ0) is 14.9. The van der Waals surface area contributed by atoms with Gasteiger partial charge in [0.25, 0.3) is 0 Å². The molecule has 0 spiro atoms. The van der Waals surface area contributed by atoms with E-state index >= 15 is 0 Å². The summed E-state index contributed by atoms with van der Waals surface area (Å²) in [4.78, 5) is 0. The number of aromatic nitrogens is 2. The van der Waals surface area contributed by atoms with E-state index in [2.05, 4.69) is 27.1 Å². The summed E-state index contributed by atoms with van der Waals surface area (Å²) in [7, 11) is 0. The highest BCUT2D eigenvalue weighted by atomic mass is 32.1. The van der Waals surface area contributed by atoms with Crippen LogP contribution in [0.3, 0.4) is 0 Å². The van der Waals surface area contributed by atoms with E-state index in [9.17, 15) is 0 Å². The van der Waals surface area contributed by atoms with Crippen LogP contribution < -0.4 is 10.6 Å². The molecule has 4 nitrogen and oxygen atoms in total. The van der Waals surface area contributed by atoms with E-state index in [4.69, 9.17) is 12.2 Å². The minimum absolute atomic E-state index is 0.672. The molecule has 0 fully saturated rings. The molecule has 0 aliphatic carbocycles. The molecule has 0 radical (unpaired) electrons. The number of unbranched alkanes of at least 4 members (excludes halogenated alkanes) is 5. The summed E-state index contributed by atoms with van der Waals surface area (Å²) in [5.41, 5.74) is 1.86. The van der Waals surface area contributed by atoms with Crippen molar-refractivity contribution in [1.82, 2.24) is 14.9 Å². The first-order valence-electron chi connectivity index (χ1n) is 7.56. The van der Waals surface area contributed by atoms with Crippen LogP contribution in [0.2, 0.25) is 0 Å². The molecule has 2 N–H and O–H groups in total. The number of thiocarbonyl (C=S) groups is 1. The fraction of sp³-hybridized carbons (Fsp3) is 0.533. The molecular formula is C15H22N4S2. The average Bonchev–Trinajstić information content (AvgIpc) is 2.94. The number of rotatable bonds is 8. The Morgan fingerprint density at radius 1 is 1.19 bits per heavy atom. The van der Waals surface area contributed by atoms with E-state index in [-0.39, 0.29) is 0 Å². The number of fused-ring (bicyclic) bond motifs is 1. The second-order valence-electron chi connectivity index (χ2n) is 5.10. The molecule has 1 aromatic heterocycles. The maximum absolute atomic E-state index is 5.30. The van der Waals surface area contributed by atoms with Crippen LogP contribution in [-0.4, -0.2) is 21.2 Å². The fourth-order valence-corrected chi connectivity index (χ4v) is 2.90. The second-order valence-corrected chi connectivity index (χ2v) is 6.30. The van der Waals surface area contributed by atoms with Gasteiger partial charge in [-0.25, -0.2) is 0 Å². The standard InChI is InChI=1S/C15H22N4S2/c1-2-3-4-5-6-7-10-16-15(20)17-12-8-9-14-13(11-12)18-19-21-14/h8-9,11H,2-7,10H2,1H3,(H2,16,17,20). The van der Waals surface area contributed by atoms with Crippen molar-refractivity contribution in [2.75, 3.05) is 11.9 Å². The van der Waals surface area contributed by atoms with Gasteiger partial charge < -0.3 is 10.6 Å². The summed E-state index contributed by atoms with van der Waals surface area (Å²) >= 11 is 6.70. The van der Waals surface area contributed by atoms with E-state index in [1.54, 1.807) is 0 Å². The lowest BCUT2D eigenvalue weighted by molar-refractivity contribution is 0.603. The summed E-state index contributed by atoms with van der Waals surface area (Å²) in [6.07, 6.45) is 7.75. The van der Waals surface area contributed by atoms with Crippen LogP contribution in [0.5, 0.6) is 0 Å². The van der Waals surface area contributed by atoms with E-state index in [0.717, 1.165) is 22.4 Å². The molecule has 0 aliphatic rings. The van der Waals surface area contributed by atoms with Crippen LogP contribution in [0.1, 0.15) is 45.4 Å². The summed E-state index contributed by atoms with van der Waals surface area (Å²) < 4.78 is 5.02. The van der Waals surface area contributed by atoms with E-state index in [1.807, 2.05) is 18.2 Å². The Kier molecular flexibility index (Phi) is 6.82. The first kappa shape index (κ1) is 16.1. The van der Waals surface area contributed by atoms with Crippen molar-refractivity contribution in [3.8, 4) is 0 Å². The van der Waals surface area contributed by atoms with E-state index in [0.29, 0.717) is 5.11 Å². The molecular weight excluding hydrogens is 300 g/mol. The number of hydrogen-bond donors (Lipinski definition) is 2. The lowest BCUT2D eigenvalue weighted by Crippen LogP contribution is -2.29. The van der Waals surface area contributed by atoms with Gasteiger partial charge in [-0.1, -0.05) is 43.5 Å². The van der Waals surface area contributed by atoms with Crippen molar-refractivity contribution in [3.05, 3.63) is 18.2 Å². The van der Waals surface area contributed by atoms with Gasteiger partial charge in [-0.05, 0) is 48.4 Å². The van der Waals surface area contributed by atoms with Gasteiger partial charge in [-0.2, -0.15) is 0 Å². The second kappa shape index (κ2) is 8.89. The number of nitrogens with one attached hydrogen (secondary N) is 2. The third-order valence-electron chi connectivity index (χ3n) is 3.32. The quantitative estimate of drug-likeness (QED) is 0.559. The van der Waals surface area contributed by atoms with Crippen LogP contribution in [0, 0.1) is 0 Å². The number of benzene rings is 1. The normalized spacial score (nSPS) is 10.7. The van der Waals surface area contributed by atoms with Gasteiger partial charge in [-0.15, -0.1) is 5.10 Å². The summed E-state index contributed by atoms with van der Waals surface area (Å²) in [5.74, 6) is 0. The third-order valence-corrected chi connectivity index (χ3v) is 4.27. The molecule has 21 heavy (non-hydrogen) atoms. The molecule has 1 heterocycles. The maximum atomic E-state index is 5.30. The van der Waals surface area contributed by atoms with Crippen molar-refractivity contribution in [2.24, 2.45) is 0 Å². The molecule has 2 aromatic rings. The van der Waals surface area contributed by atoms with Crippen molar-refractivity contribution in [3.63, 3.8) is 0 Å². The van der Waals surface area contributed by atoms with Crippen molar-refractivity contribution < 1.29 is 0 Å². The molecule has 0 bridgehead atoms. The highest BCUT2D eigenvalue weighted by Gasteiger charge is 2.01. The zero-order valence-corrected chi connectivity index (χ0v) is 14.0. The Labute approximate surface area is 135 Å². The summed E-state index contributed by atoms with van der Waals surface area (Å²) in [6.45, 7) is 3.17. The highest BCUT2D eigenvalue weighted by molar-refractivity contribution is 7.80. The highest BCUT2D eigenvalue weighted by Crippen LogP contribution is 2.19. The van der Waals surface area contributed by atoms with Crippen LogP contribution in [-0.2, 0) is 0 Å². The van der Waals surface area contributed by atoms with Crippen LogP contribution in [0.15, 0.2) is 18.2 Å². The van der Waals surface area contributed by atoms with Gasteiger partial charge >= 0.3 is 0 Å². The van der Waals surface area contributed by atoms with Crippen LogP contribution in [0.4, 0.5) is 5.69 Å². The molecule has 0 saturated heterocycles. The molecule has 6 heteroatoms. The minimum atomic E-state index is 0.672. The first-order chi connectivity index (χ1) is 10.3. The number of hydrogen-bond acceptors (Lipinski definition) is 4. The number of nitrogens with zero attached hydrogens (tertiary/aromatic N) is 2. The van der Waals surface area contributed by atoms with Crippen molar-refractivity contribution >= 4 is 44.8 Å². The lowest BCUT2D eigenvalue weighted by atomic mass is 10.1. The van der Waals surface area contributed by atoms with Gasteiger partial charge in [0.05, 0.1) is 4.70 Å². The van der Waals surface area contributed by atoms with Crippen LogP contribution in [0.25, 0.3) is 10.2 Å². The summed E-state index contributed by atoms with van der Waals surface area (Å²) in [5, 5.41) is 11.2. The molecule has 0 unspecified atom stereocenters. The van der Waals surface area contributed by atoms with Crippen LogP contribution >= 0.6 is 23.8 Å². The van der Waals surface area contributed by atoms with E-state index < -0.39 is 0 Å². The maximum Gasteiger partial charge on any atom is 0.170 e. The first-order valence-corrected chi connectivity index (χ1v) is 8.74. The summed E-state index contributed by atoms with van der Waals surface area (Å²) in [6, 6.07) is 5.98. The molecule has 1 aromatic carbocycles. The average molecular weight is 323 g/mol.